The molecule has 0 atom stereocenters. The molecule has 0 radical (unpaired) electrons. The Morgan fingerprint density at radius 2 is 1.81 bits per heavy atom. The molecule has 0 spiro atoms. The third-order valence-electron chi connectivity index (χ3n) is 3.77. The molecule has 26 heavy (non-hydrogen) atoms. The lowest BCUT2D eigenvalue weighted by Gasteiger charge is -2.23. The van der Waals surface area contributed by atoms with Crippen LogP contribution < -0.4 is 9.73 Å². The van der Waals surface area contributed by atoms with E-state index in [-0.39, 0.29) is 6.54 Å². The molecular weight excluding hydrogens is 350 g/mol. The third kappa shape index (κ3) is 5.42. The van der Waals surface area contributed by atoms with Gasteiger partial charge in [-0.2, -0.15) is 5.10 Å². The van der Waals surface area contributed by atoms with Crippen LogP contribution in [0.1, 0.15) is 22.3 Å². The molecule has 2 aromatic rings. The molecule has 2 aromatic carbocycles. The fraction of sp³-hybridized carbons (Fsp3) is 0.263. The average Bonchev–Trinajstić information content (AvgIpc) is 2.54. The first-order valence-corrected chi connectivity index (χ1v) is 9.95. The second-order valence-electron chi connectivity index (χ2n) is 6.27. The summed E-state index contributed by atoms with van der Waals surface area (Å²) in [6, 6.07) is 13.1. The van der Waals surface area contributed by atoms with Gasteiger partial charge in [0.15, 0.2) is 0 Å². The maximum Gasteiger partial charge on any atom is 0.260 e. The number of aryl methyl sites for hydroxylation is 3. The highest BCUT2D eigenvalue weighted by Gasteiger charge is 2.22. The van der Waals surface area contributed by atoms with E-state index in [1.165, 1.54) is 6.21 Å². The second kappa shape index (κ2) is 8.14. The number of carbonyl (C=O) groups excluding carboxylic acids is 1. The molecule has 0 unspecified atom stereocenters. The fourth-order valence-corrected chi connectivity index (χ4v) is 3.37. The molecule has 138 valence electrons. The quantitative estimate of drug-likeness (QED) is 0.624. The SMILES string of the molecule is Cc1cccc(/C=N\NC(=O)CN(c2cc(C)ccc2C)S(C)(=O)=O)c1. The van der Waals surface area contributed by atoms with Crippen LogP contribution in [0.15, 0.2) is 47.6 Å². The summed E-state index contributed by atoms with van der Waals surface area (Å²) in [6.07, 6.45) is 2.60. The Labute approximate surface area is 154 Å². The molecule has 2 rings (SSSR count). The maximum atomic E-state index is 12.2. The van der Waals surface area contributed by atoms with Crippen LogP contribution in [0.5, 0.6) is 0 Å². The minimum Gasteiger partial charge on any atom is -0.271 e. The zero-order valence-electron chi connectivity index (χ0n) is 15.4. The van der Waals surface area contributed by atoms with Crippen molar-refractivity contribution in [2.45, 2.75) is 20.8 Å². The molecule has 0 aliphatic carbocycles. The van der Waals surface area contributed by atoms with E-state index in [2.05, 4.69) is 10.5 Å². The van der Waals surface area contributed by atoms with Gasteiger partial charge in [0.1, 0.15) is 6.54 Å². The molecule has 1 N–H and O–H groups in total. The smallest absolute Gasteiger partial charge is 0.260 e. The predicted molar refractivity (Wildman–Crippen MR) is 105 cm³/mol. The summed E-state index contributed by atoms with van der Waals surface area (Å²) in [5.41, 5.74) is 6.49. The highest BCUT2D eigenvalue weighted by molar-refractivity contribution is 7.92. The number of hydrazone groups is 1. The molecule has 0 saturated carbocycles. The topological polar surface area (TPSA) is 78.8 Å². The van der Waals surface area contributed by atoms with E-state index >= 15 is 0 Å². The molecule has 0 bridgehead atoms. The van der Waals surface area contributed by atoms with Crippen molar-refractivity contribution in [1.82, 2.24) is 5.43 Å². The van der Waals surface area contributed by atoms with Crippen LogP contribution in [0.2, 0.25) is 0 Å². The highest BCUT2D eigenvalue weighted by Crippen LogP contribution is 2.23. The van der Waals surface area contributed by atoms with Crippen LogP contribution >= 0.6 is 0 Å². The van der Waals surface area contributed by atoms with E-state index < -0.39 is 15.9 Å². The van der Waals surface area contributed by atoms with Crippen molar-refractivity contribution in [3.8, 4) is 0 Å². The van der Waals surface area contributed by atoms with Gasteiger partial charge in [-0.15, -0.1) is 0 Å². The Hall–Kier alpha value is -2.67. The zero-order valence-corrected chi connectivity index (χ0v) is 16.2. The van der Waals surface area contributed by atoms with Crippen LogP contribution in [-0.4, -0.2) is 33.3 Å². The molecule has 0 aromatic heterocycles. The molecule has 0 saturated heterocycles. The summed E-state index contributed by atoms with van der Waals surface area (Å²) < 4.78 is 25.4. The van der Waals surface area contributed by atoms with E-state index in [9.17, 15) is 13.2 Å². The Bertz CT molecular complexity index is 937. The lowest BCUT2D eigenvalue weighted by Crippen LogP contribution is -2.39. The lowest BCUT2D eigenvalue weighted by molar-refractivity contribution is -0.119. The Kier molecular flexibility index (Phi) is 6.15. The van der Waals surface area contributed by atoms with Crippen molar-refractivity contribution in [3.63, 3.8) is 0 Å². The number of hydrogen-bond donors (Lipinski definition) is 1. The molecule has 0 heterocycles. The summed E-state index contributed by atoms with van der Waals surface area (Å²) in [7, 11) is -3.61. The first-order valence-electron chi connectivity index (χ1n) is 8.10. The van der Waals surface area contributed by atoms with Crippen LogP contribution in [0.3, 0.4) is 0 Å². The monoisotopic (exact) mass is 373 g/mol. The van der Waals surface area contributed by atoms with Gasteiger partial charge in [-0.1, -0.05) is 42.0 Å². The van der Waals surface area contributed by atoms with Crippen molar-refractivity contribution in [2.75, 3.05) is 17.1 Å². The standard InChI is InChI=1S/C19H23N3O3S/c1-14-6-5-7-17(10-14)12-20-21-19(23)13-22(26(4,24)25)18-11-15(2)8-9-16(18)3/h5-12H,13H2,1-4H3,(H,21,23)/b20-12-. The van der Waals surface area contributed by atoms with Gasteiger partial charge in [0, 0.05) is 0 Å². The maximum absolute atomic E-state index is 12.2. The Morgan fingerprint density at radius 1 is 1.12 bits per heavy atom. The van der Waals surface area contributed by atoms with Gasteiger partial charge >= 0.3 is 0 Å². The lowest BCUT2D eigenvalue weighted by atomic mass is 10.1. The molecule has 0 aliphatic rings. The number of nitrogens with one attached hydrogen (secondary N) is 1. The molecule has 0 aliphatic heterocycles. The van der Waals surface area contributed by atoms with E-state index in [1.807, 2.05) is 50.2 Å². The number of anilines is 1. The summed E-state index contributed by atoms with van der Waals surface area (Å²) in [5, 5.41) is 3.91. The number of hydrogen-bond acceptors (Lipinski definition) is 4. The first-order chi connectivity index (χ1) is 12.2. The number of carbonyl (C=O) groups is 1. The van der Waals surface area contributed by atoms with Crippen LogP contribution in [0.25, 0.3) is 0 Å². The summed E-state index contributed by atoms with van der Waals surface area (Å²) in [5.74, 6) is -0.514. The largest absolute Gasteiger partial charge is 0.271 e. The van der Waals surface area contributed by atoms with Crippen molar-refractivity contribution in [2.24, 2.45) is 5.10 Å². The number of sulfonamides is 1. The van der Waals surface area contributed by atoms with Crippen LogP contribution in [-0.2, 0) is 14.8 Å². The predicted octanol–water partition coefficient (Wildman–Crippen LogP) is 2.53. The highest BCUT2D eigenvalue weighted by atomic mass is 32.2. The van der Waals surface area contributed by atoms with Gasteiger partial charge in [-0.05, 0) is 43.5 Å². The van der Waals surface area contributed by atoms with Crippen molar-refractivity contribution < 1.29 is 13.2 Å². The number of benzene rings is 2. The third-order valence-corrected chi connectivity index (χ3v) is 4.89. The molecule has 7 heteroatoms. The van der Waals surface area contributed by atoms with Gasteiger partial charge in [0.2, 0.25) is 10.0 Å². The Morgan fingerprint density at radius 3 is 2.46 bits per heavy atom. The Balaban J connectivity index is 2.14. The van der Waals surface area contributed by atoms with Crippen LogP contribution in [0.4, 0.5) is 5.69 Å². The zero-order chi connectivity index (χ0) is 19.3. The molecule has 1 amide bonds. The van der Waals surface area contributed by atoms with Gasteiger partial charge < -0.3 is 0 Å². The second-order valence-corrected chi connectivity index (χ2v) is 8.17. The van der Waals surface area contributed by atoms with Gasteiger partial charge in [0.25, 0.3) is 5.91 Å². The van der Waals surface area contributed by atoms with Gasteiger partial charge in [-0.3, -0.25) is 9.10 Å². The van der Waals surface area contributed by atoms with E-state index in [4.69, 9.17) is 0 Å². The van der Waals surface area contributed by atoms with E-state index in [1.54, 1.807) is 13.0 Å². The van der Waals surface area contributed by atoms with E-state index in [0.717, 1.165) is 32.8 Å². The first kappa shape index (κ1) is 19.7. The van der Waals surface area contributed by atoms with E-state index in [0.29, 0.717) is 5.69 Å². The fourth-order valence-electron chi connectivity index (χ4n) is 2.46. The van der Waals surface area contributed by atoms with Gasteiger partial charge in [-0.25, -0.2) is 13.8 Å². The average molecular weight is 373 g/mol. The number of amides is 1. The van der Waals surface area contributed by atoms with Gasteiger partial charge in [0.05, 0.1) is 18.2 Å². The normalized spacial score (nSPS) is 11.5. The number of rotatable bonds is 6. The molecule has 0 fully saturated rings. The van der Waals surface area contributed by atoms with Crippen molar-refractivity contribution in [3.05, 3.63) is 64.7 Å². The molecule has 6 nitrogen and oxygen atoms in total. The van der Waals surface area contributed by atoms with Crippen molar-refractivity contribution >= 4 is 27.8 Å². The number of nitrogens with zero attached hydrogens (tertiary/aromatic N) is 2. The summed E-state index contributed by atoms with van der Waals surface area (Å²) in [6.45, 7) is 5.30. The minimum atomic E-state index is -3.61. The summed E-state index contributed by atoms with van der Waals surface area (Å²) >= 11 is 0. The minimum absolute atomic E-state index is 0.339. The van der Waals surface area contributed by atoms with Crippen molar-refractivity contribution in [1.29, 1.82) is 0 Å². The molecular formula is C19H23N3O3S. The summed E-state index contributed by atoms with van der Waals surface area (Å²) in [4.78, 5) is 12.2. The van der Waals surface area contributed by atoms with Crippen LogP contribution in [0, 0.1) is 20.8 Å².